The van der Waals surface area contributed by atoms with Crippen molar-refractivity contribution in [2.24, 2.45) is 11.8 Å². The molecule has 4 aromatic rings. The van der Waals surface area contributed by atoms with Crippen molar-refractivity contribution in [2.75, 3.05) is 6.61 Å². The monoisotopic (exact) mass is 753 g/mol. The van der Waals surface area contributed by atoms with E-state index in [4.69, 9.17) is 37.1 Å². The third-order valence-corrected chi connectivity index (χ3v) is 10.6. The molecule has 3 N–H and O–H groups in total. The van der Waals surface area contributed by atoms with Gasteiger partial charge >= 0.3 is 18.0 Å². The third kappa shape index (κ3) is 8.61. The molecular formula is C38H45Cl2N5O7. The van der Waals surface area contributed by atoms with Crippen LogP contribution in [-0.2, 0) is 38.5 Å². The number of alkyl carbamates (subject to hydrolysis) is 1. The number of nitrogens with zero attached hydrogens (tertiary/aromatic N) is 2. The number of ketones is 1. The highest BCUT2D eigenvalue weighted by molar-refractivity contribution is 6.38. The molecule has 0 bridgehead atoms. The Balaban J connectivity index is 1.48. The zero-order valence-electron chi connectivity index (χ0n) is 30.0. The standard InChI is InChI=1S/C38H45Cl2N5O7/c1-6-21(4)25(34-44-45-35(52-34)36(48)50-8-3)18-30(46)38(15-14-29-27(19-38)26-16-24(39)17-28(40)32(26)41-29)43-33(47)31(22(5)7-2)42-37(49)51-20-23-12-10-9-11-13-23/h9-13,16-17,21-22,25,31,41H,6-8,14-15,18-20H2,1-5H3,(H,42,49)(H,43,47)/t21?,22?,25-,31-,38+/m0/s1. The topological polar surface area (TPSA) is 166 Å². The molecule has 2 aromatic carbocycles. The van der Waals surface area contributed by atoms with Gasteiger partial charge in [0.2, 0.25) is 11.8 Å². The second-order valence-corrected chi connectivity index (χ2v) is 14.3. The zero-order valence-corrected chi connectivity index (χ0v) is 31.5. The summed E-state index contributed by atoms with van der Waals surface area (Å²) in [7, 11) is 0. The van der Waals surface area contributed by atoms with Crippen LogP contribution in [0.1, 0.15) is 99.6 Å². The molecule has 0 spiro atoms. The number of aromatic amines is 1. The van der Waals surface area contributed by atoms with Gasteiger partial charge in [-0.25, -0.2) is 9.59 Å². The van der Waals surface area contributed by atoms with Crippen molar-refractivity contribution in [1.29, 1.82) is 0 Å². The fourth-order valence-corrected chi connectivity index (χ4v) is 7.20. The summed E-state index contributed by atoms with van der Waals surface area (Å²) in [6, 6.07) is 11.7. The molecule has 2 unspecified atom stereocenters. The summed E-state index contributed by atoms with van der Waals surface area (Å²) in [6.07, 6.45) is 1.24. The fraction of sp³-hybridized carbons (Fsp3) is 0.474. The molecule has 2 heterocycles. The fourth-order valence-electron chi connectivity index (χ4n) is 6.66. The van der Waals surface area contributed by atoms with Gasteiger partial charge < -0.3 is 29.5 Å². The van der Waals surface area contributed by atoms with Crippen molar-refractivity contribution in [2.45, 2.75) is 97.2 Å². The van der Waals surface area contributed by atoms with Crippen LogP contribution in [0.4, 0.5) is 4.79 Å². The number of Topliss-reactive ketones (excluding diaryl/α,β-unsaturated/α-hetero) is 1. The smallest absolute Gasteiger partial charge is 0.408 e. The first-order valence-corrected chi connectivity index (χ1v) is 18.5. The van der Waals surface area contributed by atoms with Crippen LogP contribution >= 0.6 is 23.2 Å². The van der Waals surface area contributed by atoms with Gasteiger partial charge in [0.1, 0.15) is 18.2 Å². The molecule has 5 atom stereocenters. The minimum absolute atomic E-state index is 0.0307. The first-order valence-electron chi connectivity index (χ1n) is 17.7. The normalized spacial score (nSPS) is 17.8. The quantitative estimate of drug-likeness (QED) is 0.104. The number of hydrogen-bond acceptors (Lipinski definition) is 9. The summed E-state index contributed by atoms with van der Waals surface area (Å²) in [6.45, 7) is 9.55. The number of aryl methyl sites for hydroxylation is 1. The summed E-state index contributed by atoms with van der Waals surface area (Å²) < 4.78 is 16.3. The molecule has 52 heavy (non-hydrogen) atoms. The highest BCUT2D eigenvalue weighted by Gasteiger charge is 2.46. The van der Waals surface area contributed by atoms with E-state index in [-0.39, 0.29) is 61.9 Å². The van der Waals surface area contributed by atoms with Crippen molar-refractivity contribution >= 4 is 57.9 Å². The van der Waals surface area contributed by atoms with E-state index in [2.05, 4.69) is 25.8 Å². The molecular weight excluding hydrogens is 709 g/mol. The van der Waals surface area contributed by atoms with Crippen LogP contribution in [0.2, 0.25) is 10.0 Å². The van der Waals surface area contributed by atoms with Gasteiger partial charge in [-0.2, -0.15) is 0 Å². The maximum atomic E-state index is 14.9. The lowest BCUT2D eigenvalue weighted by Crippen LogP contribution is -2.62. The van der Waals surface area contributed by atoms with E-state index in [1.807, 2.05) is 58.0 Å². The van der Waals surface area contributed by atoms with Crippen LogP contribution in [0.3, 0.4) is 0 Å². The third-order valence-electron chi connectivity index (χ3n) is 10.1. The molecule has 278 valence electrons. The van der Waals surface area contributed by atoms with E-state index in [0.717, 1.165) is 22.2 Å². The molecule has 0 saturated carbocycles. The number of benzene rings is 2. The van der Waals surface area contributed by atoms with Crippen LogP contribution < -0.4 is 10.6 Å². The number of aromatic nitrogens is 3. The summed E-state index contributed by atoms with van der Waals surface area (Å²) in [5, 5.41) is 15.6. The number of H-pyrrole nitrogens is 1. The van der Waals surface area contributed by atoms with Gasteiger partial charge in [-0.05, 0) is 54.9 Å². The van der Waals surface area contributed by atoms with Crippen molar-refractivity contribution in [3.05, 3.63) is 81.1 Å². The maximum absolute atomic E-state index is 14.9. The second kappa shape index (κ2) is 16.9. The average molecular weight is 755 g/mol. The van der Waals surface area contributed by atoms with Crippen LogP contribution in [0, 0.1) is 11.8 Å². The molecule has 0 fully saturated rings. The van der Waals surface area contributed by atoms with Crippen molar-refractivity contribution in [1.82, 2.24) is 25.8 Å². The van der Waals surface area contributed by atoms with Gasteiger partial charge in [-0.3, -0.25) is 9.59 Å². The summed E-state index contributed by atoms with van der Waals surface area (Å²) in [5.41, 5.74) is 1.81. The lowest BCUT2D eigenvalue weighted by Gasteiger charge is -2.39. The first kappa shape index (κ1) is 38.8. The number of ether oxygens (including phenoxy) is 2. The number of hydrogen-bond donors (Lipinski definition) is 3. The summed E-state index contributed by atoms with van der Waals surface area (Å²) >= 11 is 13.0. The lowest BCUT2D eigenvalue weighted by atomic mass is 9.73. The van der Waals surface area contributed by atoms with E-state index < -0.39 is 35.5 Å². The number of fused-ring (bicyclic) bond motifs is 3. The second-order valence-electron chi connectivity index (χ2n) is 13.5. The van der Waals surface area contributed by atoms with Gasteiger partial charge in [-0.1, -0.05) is 94.1 Å². The average Bonchev–Trinajstić information content (AvgIpc) is 3.77. The Morgan fingerprint density at radius 2 is 1.73 bits per heavy atom. The molecule has 2 amide bonds. The Hall–Kier alpha value is -4.42. The Labute approximate surface area is 312 Å². The first-order chi connectivity index (χ1) is 24.9. The number of rotatable bonds is 15. The van der Waals surface area contributed by atoms with Crippen LogP contribution in [0.5, 0.6) is 0 Å². The molecule has 0 radical (unpaired) electrons. The predicted molar refractivity (Wildman–Crippen MR) is 196 cm³/mol. The van der Waals surface area contributed by atoms with Gasteiger partial charge in [0.15, 0.2) is 5.78 Å². The summed E-state index contributed by atoms with van der Waals surface area (Å²) in [4.78, 5) is 58.0. The highest BCUT2D eigenvalue weighted by atomic mass is 35.5. The van der Waals surface area contributed by atoms with Crippen molar-refractivity contribution in [3.8, 4) is 0 Å². The lowest BCUT2D eigenvalue weighted by molar-refractivity contribution is -0.134. The number of carbonyl (C=O) groups excluding carboxylic acids is 4. The van der Waals surface area contributed by atoms with E-state index in [9.17, 15) is 19.2 Å². The van der Waals surface area contributed by atoms with Gasteiger partial charge in [0, 0.05) is 34.9 Å². The summed E-state index contributed by atoms with van der Waals surface area (Å²) in [5.74, 6) is -2.65. The molecule has 12 nitrogen and oxygen atoms in total. The molecule has 0 saturated heterocycles. The van der Waals surface area contributed by atoms with Crippen LogP contribution in [0.15, 0.2) is 46.9 Å². The van der Waals surface area contributed by atoms with Crippen molar-refractivity contribution < 1.29 is 33.1 Å². The Morgan fingerprint density at radius 3 is 2.42 bits per heavy atom. The van der Waals surface area contributed by atoms with Crippen LogP contribution in [0.25, 0.3) is 10.9 Å². The molecule has 14 heteroatoms. The van der Waals surface area contributed by atoms with E-state index >= 15 is 0 Å². The van der Waals surface area contributed by atoms with Crippen LogP contribution in [-0.4, -0.2) is 57.1 Å². The molecule has 1 aliphatic rings. The van der Waals surface area contributed by atoms with Crippen molar-refractivity contribution in [3.63, 3.8) is 0 Å². The van der Waals surface area contributed by atoms with Gasteiger partial charge in [-0.15, -0.1) is 10.2 Å². The Morgan fingerprint density at radius 1 is 1.00 bits per heavy atom. The minimum atomic E-state index is -1.40. The Kier molecular flexibility index (Phi) is 12.6. The number of esters is 1. The van der Waals surface area contributed by atoms with E-state index in [1.165, 1.54) is 0 Å². The minimum Gasteiger partial charge on any atom is -0.459 e. The predicted octanol–water partition coefficient (Wildman–Crippen LogP) is 7.51. The highest BCUT2D eigenvalue weighted by Crippen LogP contribution is 2.40. The number of amides is 2. The molecule has 5 rings (SSSR count). The van der Waals surface area contributed by atoms with Gasteiger partial charge in [0.25, 0.3) is 0 Å². The largest absolute Gasteiger partial charge is 0.459 e. The number of carbonyl (C=O) groups is 4. The molecule has 2 aromatic heterocycles. The Bertz CT molecular complexity index is 1910. The zero-order chi connectivity index (χ0) is 37.6. The SMILES string of the molecule is CCOC(=O)c1nnc([C@@H](CC(=O)[C@@]2(NC(=O)[C@@H](NC(=O)OCc3ccccc3)C(C)CC)CCc3[nH]c4c(Cl)cc(Cl)cc4c3C2)C(C)CC)o1. The molecule has 0 aliphatic heterocycles. The van der Waals surface area contributed by atoms with E-state index in [1.54, 1.807) is 19.1 Å². The molecule has 1 aliphatic carbocycles. The maximum Gasteiger partial charge on any atom is 0.408 e. The van der Waals surface area contributed by atoms with Gasteiger partial charge in [0.05, 0.1) is 17.1 Å². The number of nitrogens with one attached hydrogen (secondary N) is 3. The number of halogens is 2. The van der Waals surface area contributed by atoms with E-state index in [0.29, 0.717) is 34.8 Å².